The number of ether oxygens (including phenoxy) is 2. The quantitative estimate of drug-likeness (QED) is 0.606. The van der Waals surface area contributed by atoms with Crippen LogP contribution in [0.25, 0.3) is 0 Å². The smallest absolute Gasteiger partial charge is 0.218 e. The highest BCUT2D eigenvalue weighted by atomic mass is 16.5. The van der Waals surface area contributed by atoms with Crippen LogP contribution in [0.5, 0.6) is 11.6 Å². The molecule has 122 valence electrons. The lowest BCUT2D eigenvalue weighted by Gasteiger charge is -2.09. The van der Waals surface area contributed by atoms with Gasteiger partial charge in [-0.1, -0.05) is 19.1 Å². The summed E-state index contributed by atoms with van der Waals surface area (Å²) >= 11 is 0. The third-order valence-electron chi connectivity index (χ3n) is 3.05. The molecular weight excluding hydrogens is 292 g/mol. The molecule has 1 aromatic carbocycles. The number of aliphatic imine (C=N–C) groups is 1. The lowest BCUT2D eigenvalue weighted by molar-refractivity contribution is 0.302. The predicted octanol–water partition coefficient (Wildman–Crippen LogP) is 2.81. The van der Waals surface area contributed by atoms with Crippen LogP contribution in [0.15, 0.2) is 47.6 Å². The van der Waals surface area contributed by atoms with E-state index < -0.39 is 0 Å². The van der Waals surface area contributed by atoms with Crippen LogP contribution in [0.3, 0.4) is 0 Å². The van der Waals surface area contributed by atoms with Crippen molar-refractivity contribution in [1.82, 2.24) is 4.98 Å². The van der Waals surface area contributed by atoms with Gasteiger partial charge in [0.2, 0.25) is 5.88 Å². The Balaban J connectivity index is 2.01. The minimum absolute atomic E-state index is 0.323. The van der Waals surface area contributed by atoms with Crippen molar-refractivity contribution >= 4 is 11.6 Å². The average Bonchev–Trinajstić information content (AvgIpc) is 2.59. The number of hydrogen-bond acceptors (Lipinski definition) is 4. The van der Waals surface area contributed by atoms with Gasteiger partial charge in [-0.3, -0.25) is 0 Å². The molecule has 3 N–H and O–H groups in total. The Labute approximate surface area is 136 Å². The molecule has 0 saturated heterocycles. The maximum absolute atomic E-state index is 5.93. The van der Waals surface area contributed by atoms with Crippen molar-refractivity contribution in [3.63, 3.8) is 0 Å². The van der Waals surface area contributed by atoms with Gasteiger partial charge in [-0.05, 0) is 24.6 Å². The van der Waals surface area contributed by atoms with Crippen LogP contribution in [-0.4, -0.2) is 24.7 Å². The third-order valence-corrected chi connectivity index (χ3v) is 3.05. The molecule has 0 fully saturated rings. The van der Waals surface area contributed by atoms with E-state index in [9.17, 15) is 0 Å². The standard InChI is InChI=1S/C17H22N4O2/c1-3-10-23-16-13(6-5-9-19-16)12-20-17(18)21-14-7-4-8-15(11-14)22-2/h4-9,11H,3,10,12H2,1-2H3,(H3,18,20,21). The zero-order chi connectivity index (χ0) is 16.5. The topological polar surface area (TPSA) is 81.8 Å². The van der Waals surface area contributed by atoms with E-state index in [0.717, 1.165) is 23.4 Å². The zero-order valence-electron chi connectivity index (χ0n) is 13.5. The second-order valence-electron chi connectivity index (χ2n) is 4.87. The van der Waals surface area contributed by atoms with Crippen LogP contribution < -0.4 is 20.5 Å². The molecule has 6 nitrogen and oxygen atoms in total. The van der Waals surface area contributed by atoms with E-state index in [1.807, 2.05) is 36.4 Å². The monoisotopic (exact) mass is 314 g/mol. The van der Waals surface area contributed by atoms with Gasteiger partial charge in [0.05, 0.1) is 20.3 Å². The number of nitrogens with zero attached hydrogens (tertiary/aromatic N) is 2. The second-order valence-corrected chi connectivity index (χ2v) is 4.87. The molecule has 0 atom stereocenters. The van der Waals surface area contributed by atoms with Gasteiger partial charge in [0.25, 0.3) is 0 Å². The lowest BCUT2D eigenvalue weighted by atomic mass is 10.3. The summed E-state index contributed by atoms with van der Waals surface area (Å²) in [6.45, 7) is 3.08. The van der Waals surface area contributed by atoms with E-state index in [1.165, 1.54) is 0 Å². The number of rotatable bonds is 7. The summed E-state index contributed by atoms with van der Waals surface area (Å²) < 4.78 is 10.8. The summed E-state index contributed by atoms with van der Waals surface area (Å²) in [5.41, 5.74) is 7.65. The molecule has 0 aliphatic rings. The summed E-state index contributed by atoms with van der Waals surface area (Å²) in [6.07, 6.45) is 2.63. The number of nitrogens with one attached hydrogen (secondary N) is 1. The molecule has 0 aliphatic carbocycles. The highest BCUT2D eigenvalue weighted by Gasteiger charge is 2.04. The molecule has 2 aromatic rings. The molecule has 2 rings (SSSR count). The fourth-order valence-electron chi connectivity index (χ4n) is 1.93. The molecule has 0 saturated carbocycles. The Kier molecular flexibility index (Phi) is 6.23. The fraction of sp³-hybridized carbons (Fsp3) is 0.294. The Morgan fingerprint density at radius 2 is 2.17 bits per heavy atom. The minimum atomic E-state index is 0.323. The Bertz CT molecular complexity index is 659. The first-order valence-corrected chi connectivity index (χ1v) is 7.50. The molecule has 23 heavy (non-hydrogen) atoms. The molecule has 0 spiro atoms. The Morgan fingerprint density at radius 3 is 2.96 bits per heavy atom. The van der Waals surface area contributed by atoms with Crippen molar-refractivity contribution in [3.05, 3.63) is 48.2 Å². The van der Waals surface area contributed by atoms with E-state index in [-0.39, 0.29) is 0 Å². The Hall–Kier alpha value is -2.76. The van der Waals surface area contributed by atoms with Crippen molar-refractivity contribution in [2.45, 2.75) is 19.9 Å². The fourth-order valence-corrected chi connectivity index (χ4v) is 1.93. The number of anilines is 1. The van der Waals surface area contributed by atoms with Crippen molar-refractivity contribution in [2.24, 2.45) is 10.7 Å². The Morgan fingerprint density at radius 1 is 1.30 bits per heavy atom. The number of hydrogen-bond donors (Lipinski definition) is 2. The average molecular weight is 314 g/mol. The molecule has 0 amide bonds. The summed E-state index contributed by atoms with van der Waals surface area (Å²) in [7, 11) is 1.62. The number of guanidine groups is 1. The first-order valence-electron chi connectivity index (χ1n) is 7.50. The van der Waals surface area contributed by atoms with E-state index >= 15 is 0 Å². The van der Waals surface area contributed by atoms with Gasteiger partial charge in [0, 0.05) is 23.5 Å². The van der Waals surface area contributed by atoms with E-state index in [4.69, 9.17) is 15.2 Å². The maximum Gasteiger partial charge on any atom is 0.218 e. The van der Waals surface area contributed by atoms with Gasteiger partial charge < -0.3 is 20.5 Å². The molecular formula is C17H22N4O2. The summed E-state index contributed by atoms with van der Waals surface area (Å²) in [4.78, 5) is 8.57. The minimum Gasteiger partial charge on any atom is -0.497 e. The highest BCUT2D eigenvalue weighted by molar-refractivity contribution is 5.92. The molecule has 0 aliphatic heterocycles. The molecule has 0 unspecified atom stereocenters. The molecule has 0 radical (unpaired) electrons. The van der Waals surface area contributed by atoms with Gasteiger partial charge in [0.1, 0.15) is 5.75 Å². The van der Waals surface area contributed by atoms with Crippen LogP contribution in [0.2, 0.25) is 0 Å². The van der Waals surface area contributed by atoms with Crippen LogP contribution in [-0.2, 0) is 6.54 Å². The first-order chi connectivity index (χ1) is 11.2. The van der Waals surface area contributed by atoms with Crippen molar-refractivity contribution in [1.29, 1.82) is 0 Å². The lowest BCUT2D eigenvalue weighted by Crippen LogP contribution is -2.22. The van der Waals surface area contributed by atoms with Gasteiger partial charge in [-0.25, -0.2) is 9.98 Å². The van der Waals surface area contributed by atoms with E-state index in [0.29, 0.717) is 25.0 Å². The molecule has 6 heteroatoms. The van der Waals surface area contributed by atoms with E-state index in [1.54, 1.807) is 13.3 Å². The number of nitrogens with two attached hydrogens (primary N) is 1. The summed E-state index contributed by atoms with van der Waals surface area (Å²) in [5, 5.41) is 3.04. The SMILES string of the molecule is CCCOc1ncccc1CN=C(N)Nc1cccc(OC)c1. The van der Waals surface area contributed by atoms with Crippen LogP contribution in [0.1, 0.15) is 18.9 Å². The molecule has 1 heterocycles. The van der Waals surface area contributed by atoms with Gasteiger partial charge >= 0.3 is 0 Å². The van der Waals surface area contributed by atoms with Crippen LogP contribution in [0, 0.1) is 0 Å². The second kappa shape index (κ2) is 8.63. The van der Waals surface area contributed by atoms with Gasteiger partial charge in [0.15, 0.2) is 5.96 Å². The summed E-state index contributed by atoms with van der Waals surface area (Å²) in [5.74, 6) is 1.68. The van der Waals surface area contributed by atoms with Gasteiger partial charge in [-0.2, -0.15) is 0 Å². The zero-order valence-corrected chi connectivity index (χ0v) is 13.5. The normalized spacial score (nSPS) is 11.1. The number of pyridine rings is 1. The largest absolute Gasteiger partial charge is 0.497 e. The molecule has 0 bridgehead atoms. The predicted molar refractivity (Wildman–Crippen MR) is 92.0 cm³/mol. The third kappa shape index (κ3) is 5.18. The highest BCUT2D eigenvalue weighted by Crippen LogP contribution is 2.17. The number of methoxy groups -OCH3 is 1. The molecule has 1 aromatic heterocycles. The first kappa shape index (κ1) is 16.6. The summed E-state index contributed by atoms with van der Waals surface area (Å²) in [6, 6.07) is 11.3. The van der Waals surface area contributed by atoms with Crippen LogP contribution >= 0.6 is 0 Å². The van der Waals surface area contributed by atoms with Crippen molar-refractivity contribution < 1.29 is 9.47 Å². The van der Waals surface area contributed by atoms with Crippen molar-refractivity contribution in [3.8, 4) is 11.6 Å². The number of aromatic nitrogens is 1. The van der Waals surface area contributed by atoms with E-state index in [2.05, 4.69) is 22.2 Å². The van der Waals surface area contributed by atoms with Gasteiger partial charge in [-0.15, -0.1) is 0 Å². The van der Waals surface area contributed by atoms with Crippen molar-refractivity contribution in [2.75, 3.05) is 19.0 Å². The number of benzene rings is 1. The van der Waals surface area contributed by atoms with Crippen LogP contribution in [0.4, 0.5) is 5.69 Å². The maximum atomic E-state index is 5.93.